The van der Waals surface area contributed by atoms with Crippen molar-refractivity contribution in [2.24, 2.45) is 0 Å². The number of piperidine rings is 1. The topological polar surface area (TPSA) is 58.0 Å². The maximum absolute atomic E-state index is 14.2. The van der Waals surface area contributed by atoms with Gasteiger partial charge in [-0.1, -0.05) is 0 Å². The Morgan fingerprint density at radius 3 is 2.11 bits per heavy atom. The molecule has 0 amide bonds. The molecule has 0 aliphatic carbocycles. The molecule has 14 heteroatoms. The van der Waals surface area contributed by atoms with Crippen LogP contribution in [0.2, 0.25) is 0 Å². The molecule has 3 aromatic rings. The lowest BCUT2D eigenvalue weighted by Gasteiger charge is -2.30. The number of benzene rings is 1. The fourth-order valence-corrected chi connectivity index (χ4v) is 5.65. The van der Waals surface area contributed by atoms with Gasteiger partial charge in [-0.3, -0.25) is 10.6 Å². The van der Waals surface area contributed by atoms with Crippen LogP contribution >= 0.6 is 11.3 Å². The number of thiazole rings is 1. The fourth-order valence-electron chi connectivity index (χ4n) is 4.63. The first-order valence-electron chi connectivity index (χ1n) is 11.8. The molecule has 6 nitrogen and oxygen atoms in total. The summed E-state index contributed by atoms with van der Waals surface area (Å²) in [4.78, 5) is 6.71. The van der Waals surface area contributed by atoms with Gasteiger partial charge in [0.2, 0.25) is 0 Å². The number of aryl methyl sites for hydroxylation is 1. The summed E-state index contributed by atoms with van der Waals surface area (Å²) >= 11 is 1.45. The van der Waals surface area contributed by atoms with E-state index in [1.807, 2.05) is 10.3 Å². The summed E-state index contributed by atoms with van der Waals surface area (Å²) in [5, 5.41) is 12.3. The van der Waals surface area contributed by atoms with E-state index >= 15 is 0 Å². The first kappa shape index (κ1) is 26.6. The van der Waals surface area contributed by atoms with Gasteiger partial charge in [0.05, 0.1) is 10.7 Å². The number of likely N-dealkylation sites (tertiary alicyclic amines) is 1. The third kappa shape index (κ3) is 5.16. The van der Waals surface area contributed by atoms with Gasteiger partial charge in [-0.15, -0.1) is 11.3 Å². The van der Waals surface area contributed by atoms with E-state index < -0.39 is 41.3 Å². The van der Waals surface area contributed by atoms with Crippen LogP contribution < -0.4 is 10.6 Å². The van der Waals surface area contributed by atoms with Gasteiger partial charge in [0.25, 0.3) is 0 Å². The lowest BCUT2D eigenvalue weighted by molar-refractivity contribution is -0.141. The second-order valence-electron chi connectivity index (χ2n) is 9.24. The maximum atomic E-state index is 14.2. The number of nitrogens with zero attached hydrogens (tertiary/aromatic N) is 4. The largest absolute Gasteiger partial charge is 0.435 e. The summed E-state index contributed by atoms with van der Waals surface area (Å²) < 4.78 is 95.5. The van der Waals surface area contributed by atoms with Crippen molar-refractivity contribution < 1.29 is 30.7 Å². The molecule has 0 atom stereocenters. The summed E-state index contributed by atoms with van der Waals surface area (Å²) in [6, 6.07) is 0.997. The number of hydrogen-bond donors (Lipinski definition) is 2. The van der Waals surface area contributed by atoms with Crippen molar-refractivity contribution >= 4 is 17.5 Å². The van der Waals surface area contributed by atoms with Crippen LogP contribution in [0, 0.1) is 30.2 Å². The highest BCUT2D eigenvalue weighted by Gasteiger charge is 2.34. The Balaban J connectivity index is 1.19. The molecule has 0 radical (unpaired) electrons. The monoisotopic (exact) mass is 560 g/mol. The SMILES string of the molecule is Cc1cc(C(F)(F)F)nn1C=CN1CCC(c2nc(C3NCc4c(F)c(F)c(F)c(F)c4CN3)cs2)CC1. The summed E-state index contributed by atoms with van der Waals surface area (Å²) in [6.45, 7) is 2.50. The number of hydrogen-bond acceptors (Lipinski definition) is 6. The van der Waals surface area contributed by atoms with Crippen molar-refractivity contribution in [1.29, 1.82) is 0 Å². The Kier molecular flexibility index (Phi) is 7.22. The van der Waals surface area contributed by atoms with Crippen LogP contribution in [0.3, 0.4) is 0 Å². The van der Waals surface area contributed by atoms with Crippen LogP contribution in [-0.4, -0.2) is 32.8 Å². The molecule has 0 unspecified atom stereocenters. The lowest BCUT2D eigenvalue weighted by atomic mass is 9.98. The number of fused-ring (bicyclic) bond motifs is 1. The normalized spacial score (nSPS) is 17.8. The van der Waals surface area contributed by atoms with Crippen LogP contribution in [0.5, 0.6) is 0 Å². The van der Waals surface area contributed by atoms with E-state index in [1.165, 1.54) is 22.2 Å². The Hall–Kier alpha value is -2.97. The van der Waals surface area contributed by atoms with Gasteiger partial charge in [-0.25, -0.2) is 27.2 Å². The molecule has 2 aliphatic heterocycles. The minimum atomic E-state index is -4.50. The number of nitrogens with one attached hydrogen (secondary N) is 2. The van der Waals surface area contributed by atoms with E-state index in [0.717, 1.165) is 23.9 Å². The third-order valence-corrected chi connectivity index (χ3v) is 7.81. The predicted octanol–water partition coefficient (Wildman–Crippen LogP) is 5.42. The molecule has 38 heavy (non-hydrogen) atoms. The minimum absolute atomic E-state index is 0.169. The molecule has 204 valence electrons. The van der Waals surface area contributed by atoms with E-state index in [0.29, 0.717) is 24.5 Å². The number of alkyl halides is 3. The second kappa shape index (κ2) is 10.3. The fraction of sp³-hybridized carbons (Fsp3) is 0.417. The van der Waals surface area contributed by atoms with Gasteiger partial charge in [0.15, 0.2) is 29.0 Å². The maximum Gasteiger partial charge on any atom is 0.435 e. The summed E-state index contributed by atoms with van der Waals surface area (Å²) in [7, 11) is 0. The Morgan fingerprint density at radius 2 is 1.55 bits per heavy atom. The number of rotatable bonds is 4. The average molecular weight is 561 g/mol. The van der Waals surface area contributed by atoms with Crippen molar-refractivity contribution in [3.63, 3.8) is 0 Å². The molecule has 2 N–H and O–H groups in total. The highest BCUT2D eigenvalue weighted by atomic mass is 32.1. The highest BCUT2D eigenvalue weighted by molar-refractivity contribution is 7.09. The van der Waals surface area contributed by atoms with E-state index in [9.17, 15) is 30.7 Å². The van der Waals surface area contributed by atoms with Gasteiger partial charge in [0.1, 0.15) is 6.17 Å². The first-order chi connectivity index (χ1) is 18.0. The highest BCUT2D eigenvalue weighted by Crippen LogP contribution is 2.33. The molecule has 4 heterocycles. The van der Waals surface area contributed by atoms with Gasteiger partial charge in [-0.05, 0) is 25.8 Å². The third-order valence-electron chi connectivity index (χ3n) is 6.78. The molecule has 0 saturated carbocycles. The van der Waals surface area contributed by atoms with Crippen LogP contribution in [0.1, 0.15) is 58.1 Å². The number of halogens is 7. The van der Waals surface area contributed by atoms with Crippen molar-refractivity contribution in [3.05, 3.63) is 74.1 Å². The van der Waals surface area contributed by atoms with Crippen LogP contribution in [0.4, 0.5) is 30.7 Å². The van der Waals surface area contributed by atoms with Gasteiger partial charge >= 0.3 is 6.18 Å². The predicted molar refractivity (Wildman–Crippen MR) is 126 cm³/mol. The zero-order valence-corrected chi connectivity index (χ0v) is 20.9. The van der Waals surface area contributed by atoms with Crippen molar-refractivity contribution in [3.8, 4) is 0 Å². The van der Waals surface area contributed by atoms with E-state index in [1.54, 1.807) is 13.1 Å². The summed E-state index contributed by atoms with van der Waals surface area (Å²) in [6.07, 6.45) is -0.284. The average Bonchev–Trinajstić information content (AvgIpc) is 3.46. The zero-order valence-electron chi connectivity index (χ0n) is 20.0. The first-order valence-corrected chi connectivity index (χ1v) is 12.7. The molecule has 5 rings (SSSR count). The van der Waals surface area contributed by atoms with Crippen molar-refractivity contribution in [2.75, 3.05) is 13.1 Å². The summed E-state index contributed by atoms with van der Waals surface area (Å²) in [5.41, 5.74) is -0.464. The lowest BCUT2D eigenvalue weighted by Crippen LogP contribution is -2.31. The molecular formula is C24H23F7N6S. The van der Waals surface area contributed by atoms with Crippen LogP contribution in [-0.2, 0) is 19.3 Å². The Morgan fingerprint density at radius 1 is 0.947 bits per heavy atom. The minimum Gasteiger partial charge on any atom is -0.376 e. The molecule has 1 fully saturated rings. The Labute approximate surface area is 217 Å². The van der Waals surface area contributed by atoms with E-state index in [4.69, 9.17) is 4.98 Å². The van der Waals surface area contributed by atoms with Gasteiger partial charge in [0, 0.05) is 66.7 Å². The molecule has 0 spiro atoms. The van der Waals surface area contributed by atoms with Gasteiger partial charge in [-0.2, -0.15) is 18.3 Å². The molecule has 1 aromatic carbocycles. The standard InChI is InChI=1S/C24H23F7N6S/c1-12-8-17(24(29,30)31)35-37(12)7-6-36-4-2-13(3-5-36)23-34-16(11-38-23)22-32-9-14-15(10-33-22)19(26)21(28)20(27)18(14)25/h6-8,11,13,22,32-33H,2-5,9-10H2,1H3. The molecule has 0 bridgehead atoms. The van der Waals surface area contributed by atoms with Crippen LogP contribution in [0.15, 0.2) is 17.6 Å². The van der Waals surface area contributed by atoms with Crippen LogP contribution in [0.25, 0.3) is 6.20 Å². The second-order valence-corrected chi connectivity index (χ2v) is 10.1. The molecule has 2 aliphatic rings. The smallest absolute Gasteiger partial charge is 0.376 e. The quantitative estimate of drug-likeness (QED) is 0.254. The van der Waals surface area contributed by atoms with Gasteiger partial charge < -0.3 is 4.90 Å². The number of aromatic nitrogens is 3. The molecule has 2 aromatic heterocycles. The Bertz CT molecular complexity index is 1320. The van der Waals surface area contributed by atoms with E-state index in [-0.39, 0.29) is 30.1 Å². The summed E-state index contributed by atoms with van der Waals surface area (Å²) in [5.74, 6) is -6.30. The van der Waals surface area contributed by atoms with Crippen molar-refractivity contribution in [1.82, 2.24) is 30.3 Å². The van der Waals surface area contributed by atoms with Crippen molar-refractivity contribution in [2.45, 2.75) is 51.1 Å². The molecule has 1 saturated heterocycles. The van der Waals surface area contributed by atoms with E-state index in [2.05, 4.69) is 15.7 Å². The molecular weight excluding hydrogens is 537 g/mol. The zero-order chi connectivity index (χ0) is 27.2.